The Bertz CT molecular complexity index is 1050. The summed E-state index contributed by atoms with van der Waals surface area (Å²) in [4.78, 5) is 35.7. The van der Waals surface area contributed by atoms with Gasteiger partial charge in [-0.2, -0.15) is 0 Å². The number of hydrogen-bond donors (Lipinski definition) is 1. The minimum absolute atomic E-state index is 0.0220. The van der Waals surface area contributed by atoms with E-state index in [1.807, 2.05) is 38.4 Å². The molecule has 0 atom stereocenters. The number of para-hydroxylation sites is 1. The molecular weight excluding hydrogens is 346 g/mol. The SMILES string of the molecule is CN(C)c1nc2c(c(=O)[nH]1)CCN(C(=O)CCn1nnc3ccccc31)C2. The molecule has 9 heteroatoms. The summed E-state index contributed by atoms with van der Waals surface area (Å²) in [7, 11) is 3.64. The van der Waals surface area contributed by atoms with Crippen molar-refractivity contribution in [2.75, 3.05) is 25.5 Å². The first-order valence-electron chi connectivity index (χ1n) is 8.88. The number of nitrogens with one attached hydrogen (secondary N) is 1. The molecule has 1 N–H and O–H groups in total. The highest BCUT2D eigenvalue weighted by Gasteiger charge is 2.24. The van der Waals surface area contributed by atoms with Crippen LogP contribution in [0.25, 0.3) is 11.0 Å². The minimum atomic E-state index is -0.120. The normalized spacial score (nSPS) is 13.6. The number of benzene rings is 1. The molecular formula is C18H21N7O2. The molecule has 0 unspecified atom stereocenters. The third kappa shape index (κ3) is 3.27. The summed E-state index contributed by atoms with van der Waals surface area (Å²) in [5.41, 5.74) is 2.96. The Hall–Kier alpha value is -3.23. The molecule has 140 valence electrons. The van der Waals surface area contributed by atoms with Crippen LogP contribution in [0.5, 0.6) is 0 Å². The van der Waals surface area contributed by atoms with Gasteiger partial charge in [-0.15, -0.1) is 5.10 Å². The topological polar surface area (TPSA) is 100 Å². The molecule has 3 heterocycles. The quantitative estimate of drug-likeness (QED) is 0.723. The Morgan fingerprint density at radius 3 is 2.93 bits per heavy atom. The number of rotatable bonds is 4. The molecule has 0 bridgehead atoms. The molecule has 0 saturated carbocycles. The number of aromatic amines is 1. The number of anilines is 1. The maximum Gasteiger partial charge on any atom is 0.255 e. The van der Waals surface area contributed by atoms with Gasteiger partial charge in [-0.1, -0.05) is 17.3 Å². The van der Waals surface area contributed by atoms with Crippen molar-refractivity contribution in [3.8, 4) is 0 Å². The predicted octanol–water partition coefficient (Wildman–Crippen LogP) is 0.556. The molecule has 27 heavy (non-hydrogen) atoms. The highest BCUT2D eigenvalue weighted by molar-refractivity contribution is 5.77. The van der Waals surface area contributed by atoms with Crippen molar-refractivity contribution >= 4 is 22.9 Å². The standard InChI is InChI=1S/C18H21N7O2/c1-23(2)18-19-14-11-24(9-7-12(14)17(27)20-18)16(26)8-10-25-15-6-4-3-5-13(15)21-22-25/h3-6H,7-11H2,1-2H3,(H,19,20,27). The first kappa shape index (κ1) is 17.2. The van der Waals surface area contributed by atoms with Crippen molar-refractivity contribution in [1.29, 1.82) is 0 Å². The smallest absolute Gasteiger partial charge is 0.255 e. The van der Waals surface area contributed by atoms with E-state index in [2.05, 4.69) is 20.3 Å². The fourth-order valence-corrected chi connectivity index (χ4v) is 3.29. The Kier molecular flexibility index (Phi) is 4.35. The number of hydrogen-bond acceptors (Lipinski definition) is 6. The third-order valence-corrected chi connectivity index (χ3v) is 4.79. The highest BCUT2D eigenvalue weighted by Crippen LogP contribution is 2.17. The largest absolute Gasteiger partial charge is 0.348 e. The summed E-state index contributed by atoms with van der Waals surface area (Å²) >= 11 is 0. The molecule has 1 aliphatic rings. The molecule has 9 nitrogen and oxygen atoms in total. The number of aryl methyl sites for hydroxylation is 1. The lowest BCUT2D eigenvalue weighted by atomic mass is 10.1. The van der Waals surface area contributed by atoms with Crippen molar-refractivity contribution in [2.24, 2.45) is 0 Å². The number of aromatic nitrogens is 5. The molecule has 4 rings (SSSR count). The van der Waals surface area contributed by atoms with Crippen LogP contribution in [0, 0.1) is 0 Å². The number of carbonyl (C=O) groups is 1. The second-order valence-corrected chi connectivity index (χ2v) is 6.83. The van der Waals surface area contributed by atoms with Gasteiger partial charge in [-0.3, -0.25) is 14.6 Å². The van der Waals surface area contributed by atoms with Crippen LogP contribution >= 0.6 is 0 Å². The summed E-state index contributed by atoms with van der Waals surface area (Å²) in [5.74, 6) is 0.524. The number of amides is 1. The van der Waals surface area contributed by atoms with Crippen molar-refractivity contribution < 1.29 is 4.79 Å². The Balaban J connectivity index is 1.47. The van der Waals surface area contributed by atoms with E-state index in [4.69, 9.17) is 0 Å². The van der Waals surface area contributed by atoms with E-state index in [0.717, 1.165) is 11.0 Å². The average Bonchev–Trinajstić information content (AvgIpc) is 3.08. The zero-order chi connectivity index (χ0) is 19.0. The number of fused-ring (bicyclic) bond motifs is 2. The molecule has 3 aromatic rings. The average molecular weight is 367 g/mol. The van der Waals surface area contributed by atoms with Crippen LogP contribution in [0.2, 0.25) is 0 Å². The lowest BCUT2D eigenvalue weighted by Gasteiger charge is -2.28. The number of H-pyrrole nitrogens is 1. The molecule has 0 aliphatic carbocycles. The lowest BCUT2D eigenvalue weighted by molar-refractivity contribution is -0.132. The minimum Gasteiger partial charge on any atom is -0.348 e. The van der Waals surface area contributed by atoms with Crippen molar-refractivity contribution in [3.05, 3.63) is 45.9 Å². The van der Waals surface area contributed by atoms with E-state index < -0.39 is 0 Å². The molecule has 2 aromatic heterocycles. The van der Waals surface area contributed by atoms with Gasteiger partial charge in [0.25, 0.3) is 5.56 Å². The molecule has 1 aromatic carbocycles. The van der Waals surface area contributed by atoms with E-state index in [0.29, 0.717) is 49.7 Å². The Labute approximate surface area is 155 Å². The maximum absolute atomic E-state index is 12.7. The first-order valence-corrected chi connectivity index (χ1v) is 8.88. The maximum atomic E-state index is 12.7. The van der Waals surface area contributed by atoms with E-state index in [9.17, 15) is 9.59 Å². The van der Waals surface area contributed by atoms with Gasteiger partial charge in [0.2, 0.25) is 11.9 Å². The summed E-state index contributed by atoms with van der Waals surface area (Å²) in [6.07, 6.45) is 0.843. The van der Waals surface area contributed by atoms with E-state index in [-0.39, 0.29) is 11.5 Å². The van der Waals surface area contributed by atoms with Gasteiger partial charge in [0, 0.05) is 32.6 Å². The zero-order valence-electron chi connectivity index (χ0n) is 15.3. The van der Waals surface area contributed by atoms with Gasteiger partial charge >= 0.3 is 0 Å². The van der Waals surface area contributed by atoms with E-state index in [1.165, 1.54) is 0 Å². The summed E-state index contributed by atoms with van der Waals surface area (Å²) in [5, 5.41) is 8.23. The van der Waals surface area contributed by atoms with Crippen LogP contribution in [-0.2, 0) is 24.3 Å². The monoisotopic (exact) mass is 367 g/mol. The van der Waals surface area contributed by atoms with Gasteiger partial charge in [0.05, 0.1) is 24.3 Å². The Morgan fingerprint density at radius 1 is 1.30 bits per heavy atom. The second-order valence-electron chi connectivity index (χ2n) is 6.83. The van der Waals surface area contributed by atoms with Crippen LogP contribution in [0.4, 0.5) is 5.95 Å². The van der Waals surface area contributed by atoms with Crippen LogP contribution in [-0.4, -0.2) is 56.4 Å². The summed E-state index contributed by atoms with van der Waals surface area (Å²) < 4.78 is 1.75. The van der Waals surface area contributed by atoms with Crippen molar-refractivity contribution in [1.82, 2.24) is 29.9 Å². The number of nitrogens with zero attached hydrogens (tertiary/aromatic N) is 6. The van der Waals surface area contributed by atoms with Gasteiger partial charge in [0.1, 0.15) is 5.52 Å². The molecule has 0 radical (unpaired) electrons. The molecule has 0 saturated heterocycles. The fourth-order valence-electron chi connectivity index (χ4n) is 3.29. The highest BCUT2D eigenvalue weighted by atomic mass is 16.2. The summed E-state index contributed by atoms with van der Waals surface area (Å²) in [6.45, 7) is 1.35. The third-order valence-electron chi connectivity index (χ3n) is 4.79. The molecule has 0 fully saturated rings. The molecule has 0 spiro atoms. The van der Waals surface area contributed by atoms with Gasteiger partial charge in [0.15, 0.2) is 0 Å². The van der Waals surface area contributed by atoms with Crippen LogP contribution in [0.3, 0.4) is 0 Å². The Morgan fingerprint density at radius 2 is 2.11 bits per heavy atom. The molecule has 1 amide bonds. The second kappa shape index (κ2) is 6.82. The fraction of sp³-hybridized carbons (Fsp3) is 0.389. The van der Waals surface area contributed by atoms with E-state index >= 15 is 0 Å². The van der Waals surface area contributed by atoms with Gasteiger partial charge in [-0.05, 0) is 18.6 Å². The molecule has 1 aliphatic heterocycles. The van der Waals surface area contributed by atoms with Gasteiger partial charge < -0.3 is 9.80 Å². The van der Waals surface area contributed by atoms with Gasteiger partial charge in [-0.25, -0.2) is 9.67 Å². The first-order chi connectivity index (χ1) is 13.0. The van der Waals surface area contributed by atoms with Crippen LogP contribution in [0.1, 0.15) is 17.7 Å². The summed E-state index contributed by atoms with van der Waals surface area (Å²) in [6, 6.07) is 7.68. The van der Waals surface area contributed by atoms with E-state index in [1.54, 1.807) is 14.5 Å². The predicted molar refractivity (Wildman–Crippen MR) is 100 cm³/mol. The zero-order valence-corrected chi connectivity index (χ0v) is 15.3. The lowest BCUT2D eigenvalue weighted by Crippen LogP contribution is -2.39. The van der Waals surface area contributed by atoms with Crippen molar-refractivity contribution in [2.45, 2.75) is 25.9 Å². The van der Waals surface area contributed by atoms with Crippen LogP contribution in [0.15, 0.2) is 29.1 Å². The van der Waals surface area contributed by atoms with Crippen molar-refractivity contribution in [3.63, 3.8) is 0 Å². The number of carbonyl (C=O) groups excluding carboxylic acids is 1. The van der Waals surface area contributed by atoms with Crippen LogP contribution < -0.4 is 10.5 Å².